The number of aromatic nitrogens is 5. The van der Waals surface area contributed by atoms with Gasteiger partial charge in [-0.2, -0.15) is 10.1 Å². The number of anilines is 1. The number of carbonyl (C=O) groups is 1. The molecule has 0 N–H and O–H groups in total. The predicted octanol–water partition coefficient (Wildman–Crippen LogP) is 4.45. The number of aryl methyl sites for hydroxylation is 1. The SMILES string of the molecule is Cc1cc(C(=O)N2CCN(c3nc4nc(Cl)ccc4o3)CC2)cnc1-c1cnn(CC(C)(C)C)c1. The number of piperazine rings is 1. The van der Waals surface area contributed by atoms with E-state index in [0.717, 1.165) is 23.4 Å². The predicted molar refractivity (Wildman–Crippen MR) is 135 cm³/mol. The highest BCUT2D eigenvalue weighted by Gasteiger charge is 2.26. The fourth-order valence-corrected chi connectivity index (χ4v) is 4.40. The molecule has 4 aromatic heterocycles. The van der Waals surface area contributed by atoms with Gasteiger partial charge in [0.05, 0.1) is 17.5 Å². The van der Waals surface area contributed by atoms with Crippen LogP contribution >= 0.6 is 11.6 Å². The van der Waals surface area contributed by atoms with Crippen LogP contribution in [0.15, 0.2) is 41.2 Å². The number of hydrogen-bond acceptors (Lipinski definition) is 7. The van der Waals surface area contributed by atoms with Gasteiger partial charge in [0.25, 0.3) is 11.9 Å². The molecule has 0 radical (unpaired) electrons. The summed E-state index contributed by atoms with van der Waals surface area (Å²) in [5.74, 6) is -0.0266. The number of halogens is 1. The first-order valence-electron chi connectivity index (χ1n) is 11.6. The molecule has 0 saturated carbocycles. The van der Waals surface area contributed by atoms with Crippen LogP contribution in [0.5, 0.6) is 0 Å². The van der Waals surface area contributed by atoms with Crippen LogP contribution < -0.4 is 4.90 Å². The van der Waals surface area contributed by atoms with Gasteiger partial charge in [-0.05, 0) is 36.1 Å². The van der Waals surface area contributed by atoms with Crippen LogP contribution in [0.2, 0.25) is 5.15 Å². The molecule has 0 spiro atoms. The van der Waals surface area contributed by atoms with Crippen LogP contribution in [0.3, 0.4) is 0 Å². The number of amides is 1. The third-order valence-corrected chi connectivity index (χ3v) is 6.12. The average Bonchev–Trinajstić information content (AvgIpc) is 3.44. The molecule has 0 bridgehead atoms. The van der Waals surface area contributed by atoms with Gasteiger partial charge in [-0.3, -0.25) is 14.5 Å². The van der Waals surface area contributed by atoms with E-state index in [2.05, 4.69) is 40.8 Å². The molecule has 1 fully saturated rings. The third kappa shape index (κ3) is 5.00. The molecule has 1 saturated heterocycles. The topological polar surface area (TPSA) is 93.2 Å². The van der Waals surface area contributed by atoms with Crippen molar-refractivity contribution in [2.24, 2.45) is 5.41 Å². The zero-order valence-corrected chi connectivity index (χ0v) is 21.1. The van der Waals surface area contributed by atoms with E-state index in [1.54, 1.807) is 18.3 Å². The Morgan fingerprint density at radius 3 is 2.60 bits per heavy atom. The summed E-state index contributed by atoms with van der Waals surface area (Å²) in [6.07, 6.45) is 5.50. The van der Waals surface area contributed by atoms with Gasteiger partial charge in [-0.15, -0.1) is 0 Å². The Hall–Kier alpha value is -3.46. The Bertz CT molecular complexity index is 1380. The summed E-state index contributed by atoms with van der Waals surface area (Å²) in [4.78, 5) is 30.3. The summed E-state index contributed by atoms with van der Waals surface area (Å²) >= 11 is 5.95. The number of nitrogens with zero attached hydrogens (tertiary/aromatic N) is 7. The minimum Gasteiger partial charge on any atom is -0.422 e. The largest absolute Gasteiger partial charge is 0.422 e. The van der Waals surface area contributed by atoms with Crippen molar-refractivity contribution in [1.82, 2.24) is 29.6 Å². The summed E-state index contributed by atoms with van der Waals surface area (Å²) in [6.45, 7) is 11.7. The molecule has 4 aromatic rings. The minimum atomic E-state index is -0.0266. The van der Waals surface area contributed by atoms with Crippen molar-refractivity contribution < 1.29 is 9.21 Å². The Morgan fingerprint density at radius 2 is 1.89 bits per heavy atom. The van der Waals surface area contributed by atoms with E-state index in [0.29, 0.717) is 54.1 Å². The molecular formula is C25H28ClN7O2. The molecule has 0 atom stereocenters. The van der Waals surface area contributed by atoms with Gasteiger partial charge in [0.2, 0.25) is 5.65 Å². The molecule has 0 aliphatic carbocycles. The molecule has 9 nitrogen and oxygen atoms in total. The second-order valence-electron chi connectivity index (χ2n) is 10.1. The molecule has 1 amide bonds. The van der Waals surface area contributed by atoms with Crippen LogP contribution in [-0.4, -0.2) is 61.7 Å². The number of fused-ring (bicyclic) bond motifs is 1. The first-order valence-corrected chi connectivity index (χ1v) is 12.0. The van der Waals surface area contributed by atoms with Gasteiger partial charge in [0, 0.05) is 50.7 Å². The number of rotatable bonds is 4. The Morgan fingerprint density at radius 1 is 1.11 bits per heavy atom. The fraction of sp³-hybridized carbons (Fsp3) is 0.400. The van der Waals surface area contributed by atoms with Gasteiger partial charge in [-0.1, -0.05) is 32.4 Å². The maximum Gasteiger partial charge on any atom is 0.300 e. The fourth-order valence-electron chi connectivity index (χ4n) is 4.25. The Kier molecular flexibility index (Phi) is 5.96. The van der Waals surface area contributed by atoms with Crippen molar-refractivity contribution in [2.45, 2.75) is 34.2 Å². The van der Waals surface area contributed by atoms with Crippen LogP contribution in [0.1, 0.15) is 36.7 Å². The Balaban J connectivity index is 1.25. The second kappa shape index (κ2) is 8.96. The van der Waals surface area contributed by atoms with E-state index in [9.17, 15) is 4.79 Å². The van der Waals surface area contributed by atoms with Crippen LogP contribution in [-0.2, 0) is 6.54 Å². The van der Waals surface area contributed by atoms with E-state index >= 15 is 0 Å². The molecule has 1 aliphatic rings. The van der Waals surface area contributed by atoms with Crippen molar-refractivity contribution >= 4 is 34.8 Å². The van der Waals surface area contributed by atoms with Crippen molar-refractivity contribution in [3.8, 4) is 11.3 Å². The Labute approximate surface area is 208 Å². The first-order chi connectivity index (χ1) is 16.7. The normalized spacial score (nSPS) is 14.7. The van der Waals surface area contributed by atoms with Gasteiger partial charge in [-0.25, -0.2) is 4.98 Å². The molecule has 182 valence electrons. The molecule has 35 heavy (non-hydrogen) atoms. The number of carbonyl (C=O) groups excluding carboxylic acids is 1. The molecule has 10 heteroatoms. The summed E-state index contributed by atoms with van der Waals surface area (Å²) < 4.78 is 7.76. The lowest BCUT2D eigenvalue weighted by molar-refractivity contribution is 0.0744. The molecular weight excluding hydrogens is 466 g/mol. The molecule has 1 aliphatic heterocycles. The number of oxazole rings is 1. The van der Waals surface area contributed by atoms with Crippen molar-refractivity contribution in [3.05, 3.63) is 53.1 Å². The highest BCUT2D eigenvalue weighted by atomic mass is 35.5. The maximum absolute atomic E-state index is 13.2. The lowest BCUT2D eigenvalue weighted by Crippen LogP contribution is -2.49. The lowest BCUT2D eigenvalue weighted by atomic mass is 9.97. The summed E-state index contributed by atoms with van der Waals surface area (Å²) in [5.41, 5.74) is 4.54. The highest BCUT2D eigenvalue weighted by Crippen LogP contribution is 2.25. The molecule has 0 aromatic carbocycles. The van der Waals surface area contributed by atoms with Crippen LogP contribution in [0, 0.1) is 12.3 Å². The monoisotopic (exact) mass is 493 g/mol. The van der Waals surface area contributed by atoms with E-state index < -0.39 is 0 Å². The third-order valence-electron chi connectivity index (χ3n) is 5.91. The summed E-state index contributed by atoms with van der Waals surface area (Å²) in [7, 11) is 0. The standard InChI is InChI=1S/C25H28ClN7O2/c1-16-11-17(12-27-21(16)18-13-28-33(14-18)15-25(2,3)4)23(34)31-7-9-32(10-8-31)24-30-22-19(35-24)5-6-20(26)29-22/h5-6,11-14H,7-10,15H2,1-4H3. The molecule has 0 unspecified atom stereocenters. The minimum absolute atomic E-state index is 0.0266. The smallest absolute Gasteiger partial charge is 0.300 e. The molecule has 5 heterocycles. The zero-order valence-electron chi connectivity index (χ0n) is 20.3. The van der Waals surface area contributed by atoms with Gasteiger partial charge in [0.1, 0.15) is 5.15 Å². The summed E-state index contributed by atoms with van der Waals surface area (Å²) in [5, 5.41) is 4.85. The lowest BCUT2D eigenvalue weighted by Gasteiger charge is -2.33. The maximum atomic E-state index is 13.2. The van der Waals surface area contributed by atoms with Gasteiger partial charge in [0.15, 0.2) is 5.58 Å². The summed E-state index contributed by atoms with van der Waals surface area (Å²) in [6, 6.07) is 5.84. The van der Waals surface area contributed by atoms with Crippen molar-refractivity contribution in [1.29, 1.82) is 0 Å². The van der Waals surface area contributed by atoms with Crippen molar-refractivity contribution in [2.75, 3.05) is 31.1 Å². The van der Waals surface area contributed by atoms with Crippen molar-refractivity contribution in [3.63, 3.8) is 0 Å². The van der Waals surface area contributed by atoms with E-state index in [1.807, 2.05) is 39.9 Å². The quantitative estimate of drug-likeness (QED) is 0.387. The number of hydrogen-bond donors (Lipinski definition) is 0. The second-order valence-corrected chi connectivity index (χ2v) is 10.5. The average molecular weight is 494 g/mol. The van der Waals surface area contributed by atoms with E-state index in [-0.39, 0.29) is 11.3 Å². The molecule has 5 rings (SSSR count). The zero-order chi connectivity index (χ0) is 24.7. The van der Waals surface area contributed by atoms with Gasteiger partial charge >= 0.3 is 0 Å². The van der Waals surface area contributed by atoms with E-state index in [4.69, 9.17) is 16.0 Å². The first kappa shape index (κ1) is 23.3. The van der Waals surface area contributed by atoms with Crippen LogP contribution in [0.4, 0.5) is 6.01 Å². The van der Waals surface area contributed by atoms with E-state index in [1.165, 1.54) is 0 Å². The van der Waals surface area contributed by atoms with Crippen LogP contribution in [0.25, 0.3) is 22.5 Å². The van der Waals surface area contributed by atoms with Gasteiger partial charge < -0.3 is 14.2 Å². The highest BCUT2D eigenvalue weighted by molar-refractivity contribution is 6.29. The number of pyridine rings is 2.